The monoisotopic (exact) mass is 292 g/mol. The minimum Gasteiger partial charge on any atom is -0.493 e. The predicted octanol–water partition coefficient (Wildman–Crippen LogP) is 2.60. The lowest BCUT2D eigenvalue weighted by Crippen LogP contribution is -2.30. The first-order valence-corrected chi connectivity index (χ1v) is 7.35. The Labute approximate surface area is 125 Å². The quantitative estimate of drug-likeness (QED) is 0.758. The molecule has 116 valence electrons. The summed E-state index contributed by atoms with van der Waals surface area (Å²) in [5.41, 5.74) is 7.08. The van der Waals surface area contributed by atoms with E-state index >= 15 is 0 Å². The van der Waals surface area contributed by atoms with E-state index in [0.717, 1.165) is 12.8 Å². The molecule has 1 amide bonds. The van der Waals surface area contributed by atoms with Gasteiger partial charge in [0.25, 0.3) is 5.91 Å². The first-order chi connectivity index (χ1) is 10.0. The van der Waals surface area contributed by atoms with Gasteiger partial charge in [-0.2, -0.15) is 0 Å². The van der Waals surface area contributed by atoms with Crippen LogP contribution in [0.25, 0.3) is 0 Å². The number of nitrogen functional groups attached to an aromatic ring is 1. The number of ether oxygens (including phenoxy) is 2. The van der Waals surface area contributed by atoms with Crippen molar-refractivity contribution in [2.45, 2.75) is 32.6 Å². The van der Waals surface area contributed by atoms with Crippen LogP contribution in [0.2, 0.25) is 0 Å². The van der Waals surface area contributed by atoms with E-state index in [2.05, 4.69) is 12.2 Å². The lowest BCUT2D eigenvalue weighted by Gasteiger charge is -2.16. The van der Waals surface area contributed by atoms with E-state index in [0.29, 0.717) is 34.7 Å². The number of hydrogen-bond acceptors (Lipinski definition) is 4. The molecule has 1 fully saturated rings. The zero-order valence-corrected chi connectivity index (χ0v) is 13.0. The minimum absolute atomic E-state index is 0.157. The molecule has 0 saturated heterocycles. The summed E-state index contributed by atoms with van der Waals surface area (Å²) in [6, 6.07) is 3.25. The number of nitrogens with two attached hydrogens (primary N) is 1. The van der Waals surface area contributed by atoms with Gasteiger partial charge in [0.05, 0.1) is 19.8 Å². The van der Waals surface area contributed by atoms with E-state index in [1.54, 1.807) is 19.2 Å². The molecule has 0 spiro atoms. The Bertz CT molecular complexity index is 524. The summed E-state index contributed by atoms with van der Waals surface area (Å²) in [5.74, 6) is 0.874. The molecule has 1 aliphatic carbocycles. The fraction of sp³-hybridized carbons (Fsp3) is 0.562. The third kappa shape index (κ3) is 3.40. The maximum Gasteiger partial charge on any atom is 0.253 e. The van der Waals surface area contributed by atoms with Crippen LogP contribution in [-0.2, 0) is 0 Å². The van der Waals surface area contributed by atoms with Crippen molar-refractivity contribution in [3.8, 4) is 11.5 Å². The number of carbonyl (C=O) groups excluding carboxylic acids is 1. The van der Waals surface area contributed by atoms with Gasteiger partial charge in [0.15, 0.2) is 11.5 Å². The van der Waals surface area contributed by atoms with Gasteiger partial charge < -0.3 is 20.5 Å². The summed E-state index contributed by atoms with van der Waals surface area (Å²) in [7, 11) is 3.08. The maximum absolute atomic E-state index is 12.3. The van der Waals surface area contributed by atoms with Crippen molar-refractivity contribution in [2.24, 2.45) is 5.41 Å². The van der Waals surface area contributed by atoms with E-state index in [1.807, 2.05) is 0 Å². The van der Waals surface area contributed by atoms with Crippen LogP contribution in [0.3, 0.4) is 0 Å². The molecule has 1 aliphatic rings. The van der Waals surface area contributed by atoms with Crippen molar-refractivity contribution < 1.29 is 14.3 Å². The fourth-order valence-electron chi connectivity index (χ4n) is 2.68. The summed E-state index contributed by atoms with van der Waals surface area (Å²) in [6.07, 6.45) is 4.70. The molecule has 3 N–H and O–H groups in total. The number of amides is 1. The Kier molecular flexibility index (Phi) is 4.60. The van der Waals surface area contributed by atoms with Gasteiger partial charge in [-0.25, -0.2) is 0 Å². The van der Waals surface area contributed by atoms with E-state index in [-0.39, 0.29) is 5.91 Å². The van der Waals surface area contributed by atoms with Crippen molar-refractivity contribution >= 4 is 11.6 Å². The molecule has 5 nitrogen and oxygen atoms in total. The summed E-state index contributed by atoms with van der Waals surface area (Å²) in [5, 5.41) is 3.00. The Morgan fingerprint density at radius 1 is 1.29 bits per heavy atom. The summed E-state index contributed by atoms with van der Waals surface area (Å²) in [4.78, 5) is 12.3. The Balaban J connectivity index is 2.08. The minimum atomic E-state index is -0.157. The number of carbonyl (C=O) groups is 1. The molecule has 0 bridgehead atoms. The number of anilines is 1. The molecule has 0 aliphatic heterocycles. The smallest absolute Gasteiger partial charge is 0.253 e. The lowest BCUT2D eigenvalue weighted by atomic mass is 10.0. The van der Waals surface area contributed by atoms with E-state index in [4.69, 9.17) is 15.2 Å². The van der Waals surface area contributed by atoms with E-state index in [1.165, 1.54) is 20.0 Å². The van der Waals surface area contributed by atoms with Gasteiger partial charge in [-0.05, 0) is 30.7 Å². The van der Waals surface area contributed by atoms with Crippen LogP contribution in [0.15, 0.2) is 12.1 Å². The van der Waals surface area contributed by atoms with Crippen molar-refractivity contribution in [1.82, 2.24) is 5.32 Å². The van der Waals surface area contributed by atoms with Crippen molar-refractivity contribution in [1.29, 1.82) is 0 Å². The fourth-order valence-corrected chi connectivity index (χ4v) is 2.68. The van der Waals surface area contributed by atoms with Crippen LogP contribution in [0.4, 0.5) is 5.69 Å². The highest BCUT2D eigenvalue weighted by Crippen LogP contribution is 2.49. The number of benzene rings is 1. The van der Waals surface area contributed by atoms with Crippen LogP contribution in [0.1, 0.15) is 43.0 Å². The van der Waals surface area contributed by atoms with Crippen molar-refractivity contribution in [2.75, 3.05) is 26.5 Å². The van der Waals surface area contributed by atoms with E-state index < -0.39 is 0 Å². The van der Waals surface area contributed by atoms with Crippen molar-refractivity contribution in [3.63, 3.8) is 0 Å². The molecule has 0 heterocycles. The van der Waals surface area contributed by atoms with Crippen LogP contribution < -0.4 is 20.5 Å². The molecular weight excluding hydrogens is 268 g/mol. The largest absolute Gasteiger partial charge is 0.493 e. The third-order valence-electron chi connectivity index (χ3n) is 4.16. The maximum atomic E-state index is 12.3. The molecule has 1 saturated carbocycles. The molecule has 5 heteroatoms. The van der Waals surface area contributed by atoms with Crippen LogP contribution in [-0.4, -0.2) is 26.7 Å². The van der Waals surface area contributed by atoms with Gasteiger partial charge in [0.1, 0.15) is 0 Å². The molecule has 0 atom stereocenters. The number of hydrogen-bond donors (Lipinski definition) is 2. The number of nitrogens with one attached hydrogen (secondary N) is 1. The molecule has 0 radical (unpaired) electrons. The Morgan fingerprint density at radius 2 is 1.90 bits per heavy atom. The number of methoxy groups -OCH3 is 2. The van der Waals surface area contributed by atoms with Crippen LogP contribution in [0.5, 0.6) is 11.5 Å². The predicted molar refractivity (Wildman–Crippen MR) is 82.9 cm³/mol. The molecule has 1 aromatic carbocycles. The highest BCUT2D eigenvalue weighted by molar-refractivity contribution is 6.00. The van der Waals surface area contributed by atoms with Gasteiger partial charge in [-0.3, -0.25) is 4.79 Å². The second-order valence-corrected chi connectivity index (χ2v) is 5.73. The third-order valence-corrected chi connectivity index (χ3v) is 4.16. The SMILES string of the molecule is CCCC1(CNC(=O)c2cc(OC)c(OC)cc2N)CC1. The molecule has 21 heavy (non-hydrogen) atoms. The molecular formula is C16H24N2O3. The van der Waals surface area contributed by atoms with Gasteiger partial charge in [0, 0.05) is 18.3 Å². The number of rotatable bonds is 7. The summed E-state index contributed by atoms with van der Waals surface area (Å²) < 4.78 is 10.4. The lowest BCUT2D eigenvalue weighted by molar-refractivity contribution is 0.0944. The van der Waals surface area contributed by atoms with Gasteiger partial charge in [0.2, 0.25) is 0 Å². The van der Waals surface area contributed by atoms with Crippen LogP contribution >= 0.6 is 0 Å². The second kappa shape index (κ2) is 6.24. The summed E-state index contributed by atoms with van der Waals surface area (Å²) >= 11 is 0. The normalized spacial score (nSPS) is 15.4. The Morgan fingerprint density at radius 3 is 2.43 bits per heavy atom. The average molecular weight is 292 g/mol. The zero-order chi connectivity index (χ0) is 15.5. The molecule has 1 aromatic rings. The topological polar surface area (TPSA) is 73.6 Å². The molecule has 0 unspecified atom stereocenters. The first kappa shape index (κ1) is 15.5. The van der Waals surface area contributed by atoms with Crippen molar-refractivity contribution in [3.05, 3.63) is 17.7 Å². The van der Waals surface area contributed by atoms with Gasteiger partial charge in [-0.15, -0.1) is 0 Å². The highest BCUT2D eigenvalue weighted by Gasteiger charge is 2.41. The average Bonchev–Trinajstić information content (AvgIpc) is 3.25. The van der Waals surface area contributed by atoms with Crippen LogP contribution in [0, 0.1) is 5.41 Å². The second-order valence-electron chi connectivity index (χ2n) is 5.73. The van der Waals surface area contributed by atoms with Gasteiger partial charge >= 0.3 is 0 Å². The molecule has 2 rings (SSSR count). The molecule has 0 aromatic heterocycles. The first-order valence-electron chi connectivity index (χ1n) is 7.35. The summed E-state index contributed by atoms with van der Waals surface area (Å²) in [6.45, 7) is 2.89. The highest BCUT2D eigenvalue weighted by atomic mass is 16.5. The van der Waals surface area contributed by atoms with Gasteiger partial charge in [-0.1, -0.05) is 13.3 Å². The zero-order valence-electron chi connectivity index (χ0n) is 13.0. The van der Waals surface area contributed by atoms with E-state index in [9.17, 15) is 4.79 Å². The Hall–Kier alpha value is -1.91. The standard InChI is InChI=1S/C16H24N2O3/c1-4-5-16(6-7-16)10-18-15(19)11-8-13(20-2)14(21-3)9-12(11)17/h8-9H,4-7,10,17H2,1-3H3,(H,18,19).